The molecule has 73 valence electrons. The normalized spacial score (nSPS) is 12.0. The third-order valence-electron chi connectivity index (χ3n) is 1.71. The number of carbonyl (C=O) groups is 2. The molecule has 0 spiro atoms. The molecule has 0 aliphatic heterocycles. The molecule has 3 N–H and O–H groups in total. The molecule has 0 saturated carbocycles. The Kier molecular flexibility index (Phi) is 2.71. The van der Waals surface area contributed by atoms with E-state index in [0.717, 1.165) is 6.07 Å². The summed E-state index contributed by atoms with van der Waals surface area (Å²) in [6.45, 7) is 0. The second-order valence-electron chi connectivity index (χ2n) is 2.73. The summed E-state index contributed by atoms with van der Waals surface area (Å²) in [6, 6.07) is 5.32. The first-order chi connectivity index (χ1) is 6.52. The minimum Gasteiger partial charge on any atom is -0.508 e. The predicted octanol–water partition coefficient (Wildman–Crippen LogP) is 0.370. The van der Waals surface area contributed by atoms with Gasteiger partial charge in [0.1, 0.15) is 5.75 Å². The smallest absolute Gasteiger partial charge is 0.320 e. The van der Waals surface area contributed by atoms with Crippen molar-refractivity contribution in [3.8, 4) is 5.75 Å². The summed E-state index contributed by atoms with van der Waals surface area (Å²) in [7, 11) is 0. The maximum atomic E-state index is 10.7. The molecule has 14 heavy (non-hydrogen) atoms. The van der Waals surface area contributed by atoms with E-state index < -0.39 is 17.8 Å². The first-order valence-corrected chi connectivity index (χ1v) is 3.79. The van der Waals surface area contributed by atoms with Gasteiger partial charge in [-0.2, -0.15) is 0 Å². The van der Waals surface area contributed by atoms with E-state index in [9.17, 15) is 9.59 Å². The molecule has 0 bridgehead atoms. The SMILES string of the molecule is [NH]C(=O)C(C(=O)O)c1cccc(O)c1. The molecule has 0 aliphatic rings. The summed E-state index contributed by atoms with van der Waals surface area (Å²) < 4.78 is 0. The zero-order valence-corrected chi connectivity index (χ0v) is 7.10. The number of carbonyl (C=O) groups excluding carboxylic acids is 1. The molecule has 0 fully saturated rings. The second kappa shape index (κ2) is 3.78. The molecule has 1 rings (SSSR count). The van der Waals surface area contributed by atoms with E-state index in [2.05, 4.69) is 0 Å². The van der Waals surface area contributed by atoms with Gasteiger partial charge in [-0.25, -0.2) is 0 Å². The molecule has 1 amide bonds. The molecule has 1 atom stereocenters. The topological polar surface area (TPSA) is 98.4 Å². The quantitative estimate of drug-likeness (QED) is 0.679. The number of amides is 1. The average molecular weight is 194 g/mol. The van der Waals surface area contributed by atoms with E-state index in [4.69, 9.17) is 15.9 Å². The molecule has 0 heterocycles. The summed E-state index contributed by atoms with van der Waals surface area (Å²) in [5.41, 5.74) is 6.88. The number of aliphatic carboxylic acids is 1. The zero-order chi connectivity index (χ0) is 10.7. The van der Waals surface area contributed by atoms with Crippen LogP contribution in [0.5, 0.6) is 5.75 Å². The number of phenols is 1. The minimum absolute atomic E-state index is 0.109. The van der Waals surface area contributed by atoms with Crippen molar-refractivity contribution in [2.75, 3.05) is 0 Å². The van der Waals surface area contributed by atoms with Crippen LogP contribution in [-0.4, -0.2) is 22.1 Å². The van der Waals surface area contributed by atoms with Crippen LogP contribution in [0.25, 0.3) is 0 Å². The summed E-state index contributed by atoms with van der Waals surface area (Å²) in [5.74, 6) is -4.25. The van der Waals surface area contributed by atoms with Crippen molar-refractivity contribution in [3.63, 3.8) is 0 Å². The van der Waals surface area contributed by atoms with Crippen LogP contribution in [0.2, 0.25) is 0 Å². The number of hydrogen-bond acceptors (Lipinski definition) is 3. The van der Waals surface area contributed by atoms with Crippen LogP contribution in [-0.2, 0) is 9.59 Å². The van der Waals surface area contributed by atoms with Gasteiger partial charge in [0.15, 0.2) is 5.92 Å². The van der Waals surface area contributed by atoms with Gasteiger partial charge in [0.2, 0.25) is 0 Å². The Morgan fingerprint density at radius 1 is 1.36 bits per heavy atom. The van der Waals surface area contributed by atoms with Gasteiger partial charge in [0.25, 0.3) is 5.91 Å². The van der Waals surface area contributed by atoms with Crippen LogP contribution < -0.4 is 5.73 Å². The molecule has 5 nitrogen and oxygen atoms in total. The fraction of sp³-hybridized carbons (Fsp3) is 0.111. The van der Waals surface area contributed by atoms with E-state index >= 15 is 0 Å². The Morgan fingerprint density at radius 3 is 2.43 bits per heavy atom. The predicted molar refractivity (Wildman–Crippen MR) is 46.6 cm³/mol. The van der Waals surface area contributed by atoms with E-state index in [-0.39, 0.29) is 11.3 Å². The molecule has 0 saturated heterocycles. The Labute approximate surface area is 79.8 Å². The number of carboxylic acid groups (broad SMARTS) is 1. The van der Waals surface area contributed by atoms with Gasteiger partial charge in [0.05, 0.1) is 0 Å². The van der Waals surface area contributed by atoms with Crippen LogP contribution in [0, 0.1) is 0 Å². The van der Waals surface area contributed by atoms with Crippen LogP contribution in [0.15, 0.2) is 24.3 Å². The Bertz CT molecular complexity index is 361. The Hall–Kier alpha value is -2.04. The van der Waals surface area contributed by atoms with Crippen LogP contribution in [0.1, 0.15) is 11.5 Å². The molecule has 0 aliphatic carbocycles. The average Bonchev–Trinajstić information content (AvgIpc) is 2.02. The maximum Gasteiger partial charge on any atom is 0.320 e. The highest BCUT2D eigenvalue weighted by molar-refractivity contribution is 6.01. The van der Waals surface area contributed by atoms with Crippen LogP contribution in [0.3, 0.4) is 0 Å². The van der Waals surface area contributed by atoms with E-state index in [1.165, 1.54) is 18.2 Å². The molecule has 5 heteroatoms. The highest BCUT2D eigenvalue weighted by Crippen LogP contribution is 2.20. The molecule has 1 radical (unpaired) electrons. The highest BCUT2D eigenvalue weighted by Gasteiger charge is 2.26. The lowest BCUT2D eigenvalue weighted by atomic mass is 9.98. The lowest BCUT2D eigenvalue weighted by Gasteiger charge is -2.07. The van der Waals surface area contributed by atoms with Gasteiger partial charge < -0.3 is 10.2 Å². The fourth-order valence-electron chi connectivity index (χ4n) is 1.11. The van der Waals surface area contributed by atoms with Gasteiger partial charge >= 0.3 is 5.97 Å². The third-order valence-corrected chi connectivity index (χ3v) is 1.71. The molecule has 1 aromatic rings. The van der Waals surface area contributed by atoms with E-state index in [0.29, 0.717) is 0 Å². The minimum atomic E-state index is -1.53. The second-order valence-corrected chi connectivity index (χ2v) is 2.73. The first-order valence-electron chi connectivity index (χ1n) is 3.79. The standard InChI is InChI=1S/C9H8NO4/c10-8(12)7(9(13)14)5-2-1-3-6(11)4-5/h1-4,7,10-11H,(H,13,14). The van der Waals surface area contributed by atoms with Gasteiger partial charge in [-0.05, 0) is 17.7 Å². The largest absolute Gasteiger partial charge is 0.508 e. The van der Waals surface area contributed by atoms with E-state index in [1.807, 2.05) is 0 Å². The van der Waals surface area contributed by atoms with Crippen molar-refractivity contribution >= 4 is 11.9 Å². The van der Waals surface area contributed by atoms with Crippen molar-refractivity contribution < 1.29 is 19.8 Å². The first kappa shape index (κ1) is 10.0. The number of nitrogens with one attached hydrogen (secondary N) is 1. The number of carboxylic acids is 1. The number of aromatic hydroxyl groups is 1. The molecule has 0 aromatic heterocycles. The summed E-state index contributed by atoms with van der Waals surface area (Å²) in [5, 5.41) is 17.7. The summed E-state index contributed by atoms with van der Waals surface area (Å²) in [4.78, 5) is 21.3. The Morgan fingerprint density at radius 2 is 2.00 bits per heavy atom. The van der Waals surface area contributed by atoms with Gasteiger partial charge in [0, 0.05) is 0 Å². The Balaban J connectivity index is 3.12. The van der Waals surface area contributed by atoms with Crippen molar-refractivity contribution in [1.82, 2.24) is 5.73 Å². The van der Waals surface area contributed by atoms with Crippen molar-refractivity contribution in [2.24, 2.45) is 0 Å². The zero-order valence-electron chi connectivity index (χ0n) is 7.10. The van der Waals surface area contributed by atoms with Crippen LogP contribution in [0.4, 0.5) is 0 Å². The monoisotopic (exact) mass is 194 g/mol. The van der Waals surface area contributed by atoms with Crippen molar-refractivity contribution in [3.05, 3.63) is 29.8 Å². The van der Waals surface area contributed by atoms with Gasteiger partial charge in [-0.15, -0.1) is 0 Å². The van der Waals surface area contributed by atoms with Crippen LogP contribution >= 0.6 is 0 Å². The number of benzene rings is 1. The number of phenolic OH excluding ortho intramolecular Hbond substituents is 1. The summed E-state index contributed by atoms with van der Waals surface area (Å²) >= 11 is 0. The molecular formula is C9H8NO4. The lowest BCUT2D eigenvalue weighted by molar-refractivity contribution is -0.142. The summed E-state index contributed by atoms with van der Waals surface area (Å²) in [6.07, 6.45) is 0. The highest BCUT2D eigenvalue weighted by atomic mass is 16.4. The van der Waals surface area contributed by atoms with E-state index in [1.54, 1.807) is 0 Å². The van der Waals surface area contributed by atoms with Crippen molar-refractivity contribution in [2.45, 2.75) is 5.92 Å². The number of hydrogen-bond donors (Lipinski definition) is 2. The van der Waals surface area contributed by atoms with Gasteiger partial charge in [-0.1, -0.05) is 12.1 Å². The number of rotatable bonds is 3. The third kappa shape index (κ3) is 2.01. The van der Waals surface area contributed by atoms with Gasteiger partial charge in [-0.3, -0.25) is 15.3 Å². The molecular weight excluding hydrogens is 186 g/mol. The lowest BCUT2D eigenvalue weighted by Crippen LogP contribution is -2.22. The molecule has 1 unspecified atom stereocenters. The maximum absolute atomic E-state index is 10.7. The molecule has 1 aromatic carbocycles. The van der Waals surface area contributed by atoms with Crippen molar-refractivity contribution in [1.29, 1.82) is 0 Å². The fourth-order valence-corrected chi connectivity index (χ4v) is 1.11.